The molecule has 0 saturated heterocycles. The van der Waals surface area contributed by atoms with E-state index in [9.17, 15) is 4.79 Å². The van der Waals surface area contributed by atoms with Crippen molar-refractivity contribution in [2.75, 3.05) is 6.54 Å². The maximum atomic E-state index is 11.8. The number of unbranched alkanes of at least 4 members (excludes halogenated alkanes) is 6. The van der Waals surface area contributed by atoms with Gasteiger partial charge >= 0.3 is 5.97 Å². The minimum atomic E-state index is 0.000955. The van der Waals surface area contributed by atoms with Gasteiger partial charge in [-0.3, -0.25) is 4.79 Å². The Morgan fingerprint density at radius 3 is 2.00 bits per heavy atom. The van der Waals surface area contributed by atoms with Crippen LogP contribution in [-0.4, -0.2) is 18.6 Å². The molecule has 20 heavy (non-hydrogen) atoms. The van der Waals surface area contributed by atoms with Crippen molar-refractivity contribution in [3.8, 4) is 0 Å². The lowest BCUT2D eigenvalue weighted by Crippen LogP contribution is -2.18. The van der Waals surface area contributed by atoms with E-state index in [-0.39, 0.29) is 12.1 Å². The molecule has 0 spiro atoms. The van der Waals surface area contributed by atoms with E-state index in [1.807, 2.05) is 0 Å². The van der Waals surface area contributed by atoms with Gasteiger partial charge in [-0.1, -0.05) is 58.8 Å². The number of rotatable bonds is 14. The van der Waals surface area contributed by atoms with Crippen LogP contribution in [0.1, 0.15) is 90.9 Å². The molecule has 0 heterocycles. The van der Waals surface area contributed by atoms with Gasteiger partial charge in [-0.25, -0.2) is 0 Å². The topological polar surface area (TPSA) is 52.3 Å². The van der Waals surface area contributed by atoms with Gasteiger partial charge in [-0.05, 0) is 32.2 Å². The molecule has 3 nitrogen and oxygen atoms in total. The third kappa shape index (κ3) is 12.5. The van der Waals surface area contributed by atoms with Gasteiger partial charge < -0.3 is 10.5 Å². The summed E-state index contributed by atoms with van der Waals surface area (Å²) in [6, 6.07) is 0. The van der Waals surface area contributed by atoms with E-state index in [1.165, 1.54) is 25.7 Å². The maximum absolute atomic E-state index is 11.8. The Morgan fingerprint density at radius 1 is 0.900 bits per heavy atom. The quantitative estimate of drug-likeness (QED) is 0.375. The van der Waals surface area contributed by atoms with Gasteiger partial charge in [0.1, 0.15) is 6.10 Å². The Kier molecular flexibility index (Phi) is 14.4. The van der Waals surface area contributed by atoms with Crippen LogP contribution in [0.25, 0.3) is 0 Å². The zero-order chi connectivity index (χ0) is 15.1. The highest BCUT2D eigenvalue weighted by Gasteiger charge is 2.13. The van der Waals surface area contributed by atoms with Gasteiger partial charge in [0, 0.05) is 6.42 Å². The van der Waals surface area contributed by atoms with E-state index in [4.69, 9.17) is 10.5 Å². The zero-order valence-electron chi connectivity index (χ0n) is 13.7. The second-order valence-corrected chi connectivity index (χ2v) is 5.70. The highest BCUT2D eigenvalue weighted by Crippen LogP contribution is 2.14. The van der Waals surface area contributed by atoms with E-state index >= 15 is 0 Å². The van der Waals surface area contributed by atoms with Crippen molar-refractivity contribution in [3.63, 3.8) is 0 Å². The number of ether oxygens (including phenoxy) is 1. The fourth-order valence-electron chi connectivity index (χ4n) is 2.31. The van der Waals surface area contributed by atoms with E-state index in [2.05, 4.69) is 13.8 Å². The number of carbonyl (C=O) groups is 1. The van der Waals surface area contributed by atoms with Crippen molar-refractivity contribution in [3.05, 3.63) is 0 Å². The summed E-state index contributed by atoms with van der Waals surface area (Å²) in [5.41, 5.74) is 5.45. The Balaban J connectivity index is 3.70. The summed E-state index contributed by atoms with van der Waals surface area (Å²) in [4.78, 5) is 11.8. The molecule has 3 heteroatoms. The average molecular weight is 285 g/mol. The number of hydrogen-bond acceptors (Lipinski definition) is 3. The summed E-state index contributed by atoms with van der Waals surface area (Å²) >= 11 is 0. The minimum absolute atomic E-state index is 0.000955. The van der Waals surface area contributed by atoms with Gasteiger partial charge in [-0.2, -0.15) is 0 Å². The van der Waals surface area contributed by atoms with Crippen LogP contribution >= 0.6 is 0 Å². The van der Waals surface area contributed by atoms with Crippen LogP contribution in [0, 0.1) is 0 Å². The molecule has 0 aromatic rings. The Labute approximate surface area is 125 Å². The third-order valence-corrected chi connectivity index (χ3v) is 3.64. The molecule has 0 rings (SSSR count). The first-order chi connectivity index (χ1) is 9.74. The first-order valence-corrected chi connectivity index (χ1v) is 8.64. The van der Waals surface area contributed by atoms with Crippen molar-refractivity contribution in [1.82, 2.24) is 0 Å². The van der Waals surface area contributed by atoms with Gasteiger partial charge in [0.15, 0.2) is 0 Å². The molecular formula is C17H35NO2. The SMILES string of the molecule is CCCCC(CCCC)OC(=O)CCCCCCCN. The van der Waals surface area contributed by atoms with Crippen LogP contribution in [0.2, 0.25) is 0 Å². The Bertz CT molecular complexity index is 211. The van der Waals surface area contributed by atoms with Crippen molar-refractivity contribution >= 4 is 5.97 Å². The van der Waals surface area contributed by atoms with Gasteiger partial charge in [0.2, 0.25) is 0 Å². The van der Waals surface area contributed by atoms with Gasteiger partial charge in [0.05, 0.1) is 0 Å². The third-order valence-electron chi connectivity index (χ3n) is 3.64. The Hall–Kier alpha value is -0.570. The summed E-state index contributed by atoms with van der Waals surface area (Å²) in [5, 5.41) is 0. The minimum Gasteiger partial charge on any atom is -0.462 e. The first-order valence-electron chi connectivity index (χ1n) is 8.64. The predicted molar refractivity (Wildman–Crippen MR) is 85.7 cm³/mol. The van der Waals surface area contributed by atoms with Gasteiger partial charge in [-0.15, -0.1) is 0 Å². The molecular weight excluding hydrogens is 250 g/mol. The van der Waals surface area contributed by atoms with Crippen LogP contribution in [0.3, 0.4) is 0 Å². The summed E-state index contributed by atoms with van der Waals surface area (Å²) < 4.78 is 5.62. The molecule has 0 aromatic carbocycles. The lowest BCUT2D eigenvalue weighted by Gasteiger charge is -2.17. The number of esters is 1. The molecule has 0 radical (unpaired) electrons. The van der Waals surface area contributed by atoms with E-state index < -0.39 is 0 Å². The average Bonchev–Trinajstić information content (AvgIpc) is 2.45. The van der Waals surface area contributed by atoms with Crippen molar-refractivity contribution in [2.24, 2.45) is 5.73 Å². The maximum Gasteiger partial charge on any atom is 0.306 e. The smallest absolute Gasteiger partial charge is 0.306 e. The summed E-state index contributed by atoms with van der Waals surface area (Å²) in [6.07, 6.45) is 13.0. The molecule has 120 valence electrons. The Morgan fingerprint density at radius 2 is 1.45 bits per heavy atom. The fourth-order valence-corrected chi connectivity index (χ4v) is 2.31. The summed E-state index contributed by atoms with van der Waals surface area (Å²) in [6.45, 7) is 5.14. The van der Waals surface area contributed by atoms with Crippen LogP contribution in [0.15, 0.2) is 0 Å². The zero-order valence-corrected chi connectivity index (χ0v) is 13.7. The summed E-state index contributed by atoms with van der Waals surface area (Å²) in [7, 11) is 0. The number of hydrogen-bond donors (Lipinski definition) is 1. The van der Waals surface area contributed by atoms with Crippen molar-refractivity contribution < 1.29 is 9.53 Å². The highest BCUT2D eigenvalue weighted by atomic mass is 16.5. The molecule has 0 saturated carbocycles. The van der Waals surface area contributed by atoms with E-state index in [1.54, 1.807) is 0 Å². The molecule has 0 bridgehead atoms. The second-order valence-electron chi connectivity index (χ2n) is 5.70. The molecule has 0 aliphatic heterocycles. The fraction of sp³-hybridized carbons (Fsp3) is 0.941. The van der Waals surface area contributed by atoms with E-state index in [0.29, 0.717) is 6.42 Å². The second kappa shape index (κ2) is 14.8. The van der Waals surface area contributed by atoms with Crippen LogP contribution in [0.4, 0.5) is 0 Å². The van der Waals surface area contributed by atoms with Crippen molar-refractivity contribution in [1.29, 1.82) is 0 Å². The molecule has 0 unspecified atom stereocenters. The molecule has 0 aromatic heterocycles. The molecule has 0 atom stereocenters. The molecule has 0 aliphatic rings. The summed E-state index contributed by atoms with van der Waals surface area (Å²) in [5.74, 6) is 0.000955. The largest absolute Gasteiger partial charge is 0.462 e. The number of nitrogens with two attached hydrogens (primary N) is 1. The molecule has 0 fully saturated rings. The molecule has 0 aliphatic carbocycles. The predicted octanol–water partition coefficient (Wildman–Crippen LogP) is 4.58. The van der Waals surface area contributed by atoms with Crippen LogP contribution in [-0.2, 0) is 9.53 Å². The van der Waals surface area contributed by atoms with Crippen LogP contribution < -0.4 is 5.73 Å². The molecule has 2 N–H and O–H groups in total. The lowest BCUT2D eigenvalue weighted by molar-refractivity contribution is -0.150. The van der Waals surface area contributed by atoms with Crippen molar-refractivity contribution in [2.45, 2.75) is 97.0 Å². The number of carbonyl (C=O) groups excluding carboxylic acids is 1. The van der Waals surface area contributed by atoms with Crippen LogP contribution in [0.5, 0.6) is 0 Å². The lowest BCUT2D eigenvalue weighted by atomic mass is 10.1. The first kappa shape index (κ1) is 19.4. The monoisotopic (exact) mass is 285 g/mol. The van der Waals surface area contributed by atoms with E-state index in [0.717, 1.165) is 51.5 Å². The highest BCUT2D eigenvalue weighted by molar-refractivity contribution is 5.69. The normalized spacial score (nSPS) is 11.0. The molecule has 0 amide bonds. The van der Waals surface area contributed by atoms with Gasteiger partial charge in [0.25, 0.3) is 0 Å². The standard InChI is InChI=1S/C17H35NO2/c1-3-5-12-16(13-6-4-2)20-17(19)14-10-8-7-9-11-15-18/h16H,3-15,18H2,1-2H3.